The molecule has 0 atom stereocenters. The van der Waals surface area contributed by atoms with E-state index in [2.05, 4.69) is 48.5 Å². The SMILES string of the molecule is CC(C)=O.OC(C1=C(C(O)(c2ccccc2)c2ccccc2)C2c3ccccc3C1c1ccccc12)(c1ccccc1)c1ccccc1. The fourth-order valence-corrected chi connectivity index (χ4v) is 7.82. The van der Waals surface area contributed by atoms with Crippen LogP contribution in [0.1, 0.15) is 70.2 Å². The molecule has 0 fully saturated rings. The Hall–Kier alpha value is -5.35. The van der Waals surface area contributed by atoms with E-state index in [4.69, 9.17) is 0 Å². The molecule has 3 aliphatic carbocycles. The fourth-order valence-electron chi connectivity index (χ4n) is 7.82. The van der Waals surface area contributed by atoms with Gasteiger partial charge in [0.1, 0.15) is 17.0 Å². The van der Waals surface area contributed by atoms with Crippen LogP contribution in [0.15, 0.2) is 181 Å². The van der Waals surface area contributed by atoms with Crippen molar-refractivity contribution < 1.29 is 15.0 Å². The highest BCUT2D eigenvalue weighted by Gasteiger charge is 2.56. The number of benzene rings is 6. The van der Waals surface area contributed by atoms with Crippen molar-refractivity contribution in [3.63, 3.8) is 0 Å². The fraction of sp³-hybridized carbons (Fsp3) is 0.133. The van der Waals surface area contributed by atoms with Crippen LogP contribution in [0.3, 0.4) is 0 Å². The van der Waals surface area contributed by atoms with Gasteiger partial charge in [-0.3, -0.25) is 0 Å². The van der Waals surface area contributed by atoms with E-state index >= 15 is 0 Å². The standard InChI is InChI=1S/C42H32O2.C3H6O/c43-41(29-17-5-1-6-18-29,30-19-7-2-8-20-30)39-37-33-25-13-15-27-35(33)38(36-28-16-14-26-34(36)37)40(39)42(44,31-21-9-3-10-22-31)32-23-11-4-12-24-32;1-3(2)4/h1-28,37-38,43-44H;1-2H3. The Kier molecular flexibility index (Phi) is 8.26. The molecule has 9 rings (SSSR count). The molecule has 6 aromatic carbocycles. The Morgan fingerprint density at radius 2 is 0.583 bits per heavy atom. The molecule has 2 N–H and O–H groups in total. The molecule has 3 aliphatic rings. The van der Waals surface area contributed by atoms with E-state index in [1.165, 1.54) is 36.1 Å². The van der Waals surface area contributed by atoms with Gasteiger partial charge in [0, 0.05) is 11.8 Å². The second-order valence-electron chi connectivity index (χ2n) is 12.7. The zero-order valence-electron chi connectivity index (χ0n) is 27.1. The molecule has 3 nitrogen and oxygen atoms in total. The highest BCUT2D eigenvalue weighted by molar-refractivity contribution is 5.73. The monoisotopic (exact) mass is 626 g/mol. The zero-order valence-corrected chi connectivity index (χ0v) is 27.1. The third kappa shape index (κ3) is 5.04. The van der Waals surface area contributed by atoms with Crippen LogP contribution in [-0.2, 0) is 16.0 Å². The van der Waals surface area contributed by atoms with Crippen LogP contribution in [0.5, 0.6) is 0 Å². The first-order valence-corrected chi connectivity index (χ1v) is 16.4. The van der Waals surface area contributed by atoms with Crippen molar-refractivity contribution in [3.05, 3.63) is 226 Å². The zero-order chi connectivity index (χ0) is 33.3. The van der Waals surface area contributed by atoms with Crippen LogP contribution in [-0.4, -0.2) is 16.0 Å². The topological polar surface area (TPSA) is 57.5 Å². The lowest BCUT2D eigenvalue weighted by molar-refractivity contribution is -0.115. The quantitative estimate of drug-likeness (QED) is 0.181. The molecule has 0 saturated carbocycles. The number of Topliss-reactive ketones (excluding diaryl/α,β-unsaturated/α-hetero) is 1. The molecular weight excluding hydrogens is 588 g/mol. The molecule has 0 aromatic heterocycles. The van der Waals surface area contributed by atoms with Gasteiger partial charge in [-0.15, -0.1) is 0 Å². The maximum atomic E-state index is 13.6. The van der Waals surface area contributed by atoms with Gasteiger partial charge in [-0.2, -0.15) is 0 Å². The van der Waals surface area contributed by atoms with Crippen LogP contribution in [0.4, 0.5) is 0 Å². The molecule has 0 spiro atoms. The smallest absolute Gasteiger partial charge is 0.137 e. The minimum absolute atomic E-state index is 0.167. The number of hydrogen-bond donors (Lipinski definition) is 2. The van der Waals surface area contributed by atoms with Gasteiger partial charge in [-0.25, -0.2) is 0 Å². The Bertz CT molecular complexity index is 1810. The van der Waals surface area contributed by atoms with Crippen LogP contribution in [0, 0.1) is 0 Å². The van der Waals surface area contributed by atoms with E-state index < -0.39 is 11.2 Å². The summed E-state index contributed by atoms with van der Waals surface area (Å²) < 4.78 is 0. The summed E-state index contributed by atoms with van der Waals surface area (Å²) >= 11 is 0. The molecule has 6 aromatic rings. The first-order valence-electron chi connectivity index (χ1n) is 16.4. The van der Waals surface area contributed by atoms with Crippen molar-refractivity contribution in [2.75, 3.05) is 0 Å². The first-order chi connectivity index (χ1) is 23.4. The molecule has 0 saturated heterocycles. The minimum atomic E-state index is -1.54. The summed E-state index contributed by atoms with van der Waals surface area (Å²) in [7, 11) is 0. The summed E-state index contributed by atoms with van der Waals surface area (Å²) in [6.07, 6.45) is 0. The summed E-state index contributed by atoms with van der Waals surface area (Å²) in [6.45, 7) is 3.06. The van der Waals surface area contributed by atoms with Crippen LogP contribution in [0.2, 0.25) is 0 Å². The second-order valence-corrected chi connectivity index (χ2v) is 12.7. The summed E-state index contributed by atoms with van der Waals surface area (Å²) in [5.74, 6) is -0.404. The first kappa shape index (κ1) is 31.3. The average molecular weight is 627 g/mol. The van der Waals surface area contributed by atoms with Gasteiger partial charge in [-0.1, -0.05) is 170 Å². The third-order valence-corrected chi connectivity index (χ3v) is 9.65. The number of carbonyl (C=O) groups excluding carboxylic acids is 1. The molecular formula is C45H38O3. The Balaban J connectivity index is 0.000000865. The van der Waals surface area contributed by atoms with Crippen LogP contribution < -0.4 is 0 Å². The number of hydrogen-bond acceptors (Lipinski definition) is 3. The Morgan fingerprint density at radius 3 is 0.792 bits per heavy atom. The van der Waals surface area contributed by atoms with Gasteiger partial charge in [-0.05, 0) is 69.5 Å². The van der Waals surface area contributed by atoms with Crippen LogP contribution >= 0.6 is 0 Å². The number of carbonyl (C=O) groups is 1. The molecule has 3 heteroatoms. The maximum Gasteiger partial charge on any atom is 0.137 e. The Morgan fingerprint density at radius 1 is 0.396 bits per heavy atom. The highest BCUT2D eigenvalue weighted by Crippen LogP contribution is 2.64. The van der Waals surface area contributed by atoms with E-state index in [9.17, 15) is 15.0 Å². The molecule has 48 heavy (non-hydrogen) atoms. The summed E-state index contributed by atoms with van der Waals surface area (Å²) in [6, 6.07) is 56.9. The molecule has 236 valence electrons. The van der Waals surface area contributed by atoms with Crippen molar-refractivity contribution in [1.29, 1.82) is 0 Å². The van der Waals surface area contributed by atoms with Gasteiger partial charge < -0.3 is 15.0 Å². The largest absolute Gasteiger partial charge is 0.376 e. The lowest BCUT2D eigenvalue weighted by atomic mass is 9.52. The van der Waals surface area contributed by atoms with E-state index in [1.54, 1.807) is 0 Å². The van der Waals surface area contributed by atoms with Gasteiger partial charge in [0.15, 0.2) is 0 Å². The van der Waals surface area contributed by atoms with Crippen molar-refractivity contribution in [2.45, 2.75) is 36.9 Å². The number of rotatable bonds is 6. The molecule has 2 bridgehead atoms. The van der Waals surface area contributed by atoms with Gasteiger partial charge in [0.2, 0.25) is 0 Å². The normalized spacial score (nSPS) is 16.3. The number of aliphatic hydroxyl groups is 2. The van der Waals surface area contributed by atoms with Gasteiger partial charge in [0.25, 0.3) is 0 Å². The molecule has 0 heterocycles. The highest BCUT2D eigenvalue weighted by atomic mass is 16.3. The molecule has 0 amide bonds. The Labute approximate surface area is 282 Å². The van der Waals surface area contributed by atoms with E-state index in [0.29, 0.717) is 0 Å². The lowest BCUT2D eigenvalue weighted by Crippen LogP contribution is -2.46. The molecule has 0 radical (unpaired) electrons. The van der Waals surface area contributed by atoms with Gasteiger partial charge in [0.05, 0.1) is 0 Å². The molecule has 0 aliphatic heterocycles. The second kappa shape index (κ2) is 12.7. The predicted molar refractivity (Wildman–Crippen MR) is 192 cm³/mol. The van der Waals surface area contributed by atoms with E-state index in [0.717, 1.165) is 33.4 Å². The van der Waals surface area contributed by atoms with Crippen molar-refractivity contribution in [2.24, 2.45) is 0 Å². The maximum absolute atomic E-state index is 13.6. The van der Waals surface area contributed by atoms with E-state index in [-0.39, 0.29) is 17.6 Å². The summed E-state index contributed by atoms with van der Waals surface area (Å²) in [5, 5.41) is 27.2. The average Bonchev–Trinajstić information content (AvgIpc) is 3.15. The van der Waals surface area contributed by atoms with Crippen molar-refractivity contribution in [1.82, 2.24) is 0 Å². The summed E-state index contributed by atoms with van der Waals surface area (Å²) in [4.78, 5) is 9.44. The van der Waals surface area contributed by atoms with Crippen molar-refractivity contribution >= 4 is 5.78 Å². The number of ketones is 1. The van der Waals surface area contributed by atoms with Crippen LogP contribution in [0.25, 0.3) is 0 Å². The summed E-state index contributed by atoms with van der Waals surface area (Å²) in [5.41, 5.74) is 6.29. The third-order valence-electron chi connectivity index (χ3n) is 9.65. The predicted octanol–water partition coefficient (Wildman–Crippen LogP) is 9.04. The van der Waals surface area contributed by atoms with E-state index in [1.807, 2.05) is 121 Å². The van der Waals surface area contributed by atoms with Crippen molar-refractivity contribution in [3.8, 4) is 0 Å². The minimum Gasteiger partial charge on any atom is -0.376 e. The van der Waals surface area contributed by atoms with Gasteiger partial charge >= 0.3 is 0 Å². The molecule has 0 unspecified atom stereocenters. The lowest BCUT2D eigenvalue weighted by Gasteiger charge is -2.52.